The Balaban J connectivity index is 2.36. The molecule has 2 nitrogen and oxygen atoms in total. The topological polar surface area (TPSA) is 25.2 Å². The standard InChI is InChI=1S/C12H15NOS/c1-8-6-7-15-12(8)11(13-3)10-5-4-9(2)14-10/h4-7,11,13H,1-3H3. The molecule has 80 valence electrons. The third kappa shape index (κ3) is 1.98. The number of nitrogens with one attached hydrogen (secondary N) is 1. The third-order valence-electron chi connectivity index (χ3n) is 2.50. The maximum Gasteiger partial charge on any atom is 0.126 e. The molecular formula is C12H15NOS. The molecule has 3 heteroatoms. The van der Waals surface area contributed by atoms with Crippen LogP contribution in [0.15, 0.2) is 28.0 Å². The zero-order chi connectivity index (χ0) is 10.8. The van der Waals surface area contributed by atoms with Gasteiger partial charge in [-0.15, -0.1) is 11.3 Å². The molecule has 15 heavy (non-hydrogen) atoms. The Morgan fingerprint density at radius 2 is 2.07 bits per heavy atom. The zero-order valence-electron chi connectivity index (χ0n) is 9.20. The van der Waals surface area contributed by atoms with Gasteiger partial charge in [-0.1, -0.05) is 0 Å². The first kappa shape index (κ1) is 10.5. The van der Waals surface area contributed by atoms with Crippen LogP contribution in [0.4, 0.5) is 0 Å². The van der Waals surface area contributed by atoms with Crippen molar-refractivity contribution in [2.75, 3.05) is 7.05 Å². The van der Waals surface area contributed by atoms with Crippen molar-refractivity contribution in [2.24, 2.45) is 0 Å². The first-order valence-electron chi connectivity index (χ1n) is 5.00. The van der Waals surface area contributed by atoms with E-state index in [9.17, 15) is 0 Å². The molecule has 0 aliphatic carbocycles. The van der Waals surface area contributed by atoms with E-state index >= 15 is 0 Å². The van der Waals surface area contributed by atoms with Crippen LogP contribution in [-0.4, -0.2) is 7.05 Å². The van der Waals surface area contributed by atoms with Crippen LogP contribution < -0.4 is 5.32 Å². The van der Waals surface area contributed by atoms with Crippen molar-refractivity contribution in [3.05, 3.63) is 45.5 Å². The van der Waals surface area contributed by atoms with E-state index in [0.717, 1.165) is 11.5 Å². The summed E-state index contributed by atoms with van der Waals surface area (Å²) < 4.78 is 5.66. The van der Waals surface area contributed by atoms with Crippen LogP contribution in [0, 0.1) is 13.8 Å². The maximum atomic E-state index is 5.66. The first-order chi connectivity index (χ1) is 7.22. The summed E-state index contributed by atoms with van der Waals surface area (Å²) >= 11 is 1.76. The number of furan rings is 1. The van der Waals surface area contributed by atoms with Gasteiger partial charge in [0.2, 0.25) is 0 Å². The molecule has 2 heterocycles. The number of thiophene rings is 1. The fourth-order valence-electron chi connectivity index (χ4n) is 1.69. The van der Waals surface area contributed by atoms with Crippen LogP contribution in [0.3, 0.4) is 0 Å². The molecule has 0 saturated carbocycles. The molecule has 0 aromatic carbocycles. The van der Waals surface area contributed by atoms with E-state index in [1.165, 1.54) is 10.4 Å². The van der Waals surface area contributed by atoms with Crippen LogP contribution in [0.5, 0.6) is 0 Å². The average Bonchev–Trinajstić information content (AvgIpc) is 2.79. The monoisotopic (exact) mass is 221 g/mol. The highest BCUT2D eigenvalue weighted by molar-refractivity contribution is 7.10. The largest absolute Gasteiger partial charge is 0.464 e. The van der Waals surface area contributed by atoms with Gasteiger partial charge < -0.3 is 9.73 Å². The first-order valence-corrected chi connectivity index (χ1v) is 5.88. The third-order valence-corrected chi connectivity index (χ3v) is 3.58. The van der Waals surface area contributed by atoms with E-state index in [4.69, 9.17) is 4.42 Å². The zero-order valence-corrected chi connectivity index (χ0v) is 10.0. The Hall–Kier alpha value is -1.06. The minimum atomic E-state index is 0.179. The number of aryl methyl sites for hydroxylation is 2. The summed E-state index contributed by atoms with van der Waals surface area (Å²) in [5, 5.41) is 5.41. The van der Waals surface area contributed by atoms with Crippen LogP contribution >= 0.6 is 11.3 Å². The van der Waals surface area contributed by atoms with Gasteiger partial charge in [0.25, 0.3) is 0 Å². The normalized spacial score (nSPS) is 13.0. The molecule has 0 amide bonds. The van der Waals surface area contributed by atoms with Gasteiger partial charge in [-0.05, 0) is 50.0 Å². The second kappa shape index (κ2) is 4.21. The van der Waals surface area contributed by atoms with Crippen molar-refractivity contribution in [1.29, 1.82) is 0 Å². The second-order valence-electron chi connectivity index (χ2n) is 3.64. The van der Waals surface area contributed by atoms with E-state index in [0.29, 0.717) is 0 Å². The summed E-state index contributed by atoms with van der Waals surface area (Å²) in [6, 6.07) is 6.36. The minimum Gasteiger partial charge on any atom is -0.464 e. The maximum absolute atomic E-state index is 5.66. The quantitative estimate of drug-likeness (QED) is 0.860. The molecule has 1 unspecified atom stereocenters. The molecular weight excluding hydrogens is 206 g/mol. The number of hydrogen-bond acceptors (Lipinski definition) is 3. The van der Waals surface area contributed by atoms with E-state index in [1.54, 1.807) is 11.3 Å². The van der Waals surface area contributed by atoms with Gasteiger partial charge in [-0.25, -0.2) is 0 Å². The summed E-state index contributed by atoms with van der Waals surface area (Å²) in [5.74, 6) is 1.94. The van der Waals surface area contributed by atoms with Crippen molar-refractivity contribution in [1.82, 2.24) is 5.32 Å². The van der Waals surface area contributed by atoms with Crippen molar-refractivity contribution < 1.29 is 4.42 Å². The highest BCUT2D eigenvalue weighted by Gasteiger charge is 2.18. The molecule has 0 spiro atoms. The van der Waals surface area contributed by atoms with Crippen molar-refractivity contribution >= 4 is 11.3 Å². The Bertz CT molecular complexity index is 444. The average molecular weight is 221 g/mol. The molecule has 2 rings (SSSR count). The lowest BCUT2D eigenvalue weighted by molar-refractivity contribution is 0.446. The lowest BCUT2D eigenvalue weighted by Crippen LogP contribution is -2.16. The molecule has 1 atom stereocenters. The van der Waals surface area contributed by atoms with Gasteiger partial charge in [0.05, 0.1) is 0 Å². The molecule has 2 aromatic rings. The van der Waals surface area contributed by atoms with Crippen molar-refractivity contribution in [2.45, 2.75) is 19.9 Å². The number of hydrogen-bond donors (Lipinski definition) is 1. The molecule has 0 saturated heterocycles. The highest BCUT2D eigenvalue weighted by atomic mass is 32.1. The van der Waals surface area contributed by atoms with Crippen molar-refractivity contribution in [3.8, 4) is 0 Å². The lowest BCUT2D eigenvalue weighted by Gasteiger charge is -2.12. The lowest BCUT2D eigenvalue weighted by atomic mass is 10.1. The fraction of sp³-hybridized carbons (Fsp3) is 0.333. The molecule has 0 bridgehead atoms. The predicted molar refractivity (Wildman–Crippen MR) is 63.4 cm³/mol. The Morgan fingerprint density at radius 1 is 1.27 bits per heavy atom. The predicted octanol–water partition coefficient (Wildman–Crippen LogP) is 3.27. The van der Waals surface area contributed by atoms with Gasteiger partial charge >= 0.3 is 0 Å². The summed E-state index contributed by atoms with van der Waals surface area (Å²) in [5.41, 5.74) is 1.31. The van der Waals surface area contributed by atoms with Crippen molar-refractivity contribution in [3.63, 3.8) is 0 Å². The summed E-state index contributed by atoms with van der Waals surface area (Å²) in [6.45, 7) is 4.10. The summed E-state index contributed by atoms with van der Waals surface area (Å²) in [6.07, 6.45) is 0. The van der Waals surface area contributed by atoms with Gasteiger partial charge in [0, 0.05) is 4.88 Å². The van der Waals surface area contributed by atoms with Gasteiger partial charge in [0.15, 0.2) is 0 Å². The Morgan fingerprint density at radius 3 is 2.53 bits per heavy atom. The van der Waals surface area contributed by atoms with E-state index in [-0.39, 0.29) is 6.04 Å². The minimum absolute atomic E-state index is 0.179. The molecule has 0 aliphatic heterocycles. The number of rotatable bonds is 3. The molecule has 2 aromatic heterocycles. The molecule has 1 N–H and O–H groups in total. The summed E-state index contributed by atoms with van der Waals surface area (Å²) in [4.78, 5) is 1.33. The van der Waals surface area contributed by atoms with Gasteiger partial charge in [-0.2, -0.15) is 0 Å². The Labute approximate surface area is 93.9 Å². The van der Waals surface area contributed by atoms with E-state index < -0.39 is 0 Å². The SMILES string of the molecule is CNC(c1ccc(C)o1)c1sccc1C. The van der Waals surface area contributed by atoms with Crippen LogP contribution in [0.2, 0.25) is 0 Å². The molecule has 0 aliphatic rings. The van der Waals surface area contributed by atoms with E-state index in [2.05, 4.69) is 23.7 Å². The summed E-state index contributed by atoms with van der Waals surface area (Å²) in [7, 11) is 1.96. The highest BCUT2D eigenvalue weighted by Crippen LogP contribution is 2.29. The van der Waals surface area contributed by atoms with Crippen LogP contribution in [0.25, 0.3) is 0 Å². The molecule has 0 radical (unpaired) electrons. The van der Waals surface area contributed by atoms with Gasteiger partial charge in [0.1, 0.15) is 17.6 Å². The van der Waals surface area contributed by atoms with E-state index in [1.807, 2.05) is 26.1 Å². The van der Waals surface area contributed by atoms with Gasteiger partial charge in [-0.3, -0.25) is 0 Å². The van der Waals surface area contributed by atoms with Crippen LogP contribution in [0.1, 0.15) is 28.0 Å². The molecule has 0 fully saturated rings. The Kier molecular flexibility index (Phi) is 2.93. The smallest absolute Gasteiger partial charge is 0.126 e. The van der Waals surface area contributed by atoms with Crippen LogP contribution in [-0.2, 0) is 0 Å². The fourth-order valence-corrected chi connectivity index (χ4v) is 2.73. The second-order valence-corrected chi connectivity index (χ2v) is 4.59.